The molecule has 0 saturated carbocycles. The molecule has 0 bridgehead atoms. The Labute approximate surface area is 130 Å². The van der Waals surface area contributed by atoms with Gasteiger partial charge >= 0.3 is 0 Å². The Balaban J connectivity index is 1.98. The smallest absolute Gasteiger partial charge is 0.182 e. The monoisotopic (exact) mass is 370 g/mol. The van der Waals surface area contributed by atoms with E-state index >= 15 is 0 Å². The number of hydrogen-bond acceptors (Lipinski definition) is 3. The lowest BCUT2D eigenvalue weighted by Crippen LogP contribution is -2.06. The van der Waals surface area contributed by atoms with E-state index < -0.39 is 15.7 Å². The van der Waals surface area contributed by atoms with Crippen LogP contribution in [0.2, 0.25) is 0 Å². The Hall–Kier alpha value is -1.40. The third kappa shape index (κ3) is 2.96. The Morgan fingerprint density at radius 3 is 2.62 bits per heavy atom. The maximum Gasteiger partial charge on any atom is 0.182 e. The minimum Gasteiger partial charge on any atom is -0.493 e. The molecule has 1 aliphatic heterocycles. The average molecular weight is 371 g/mol. The van der Waals surface area contributed by atoms with Gasteiger partial charge in [-0.25, -0.2) is 12.8 Å². The van der Waals surface area contributed by atoms with Crippen molar-refractivity contribution in [1.82, 2.24) is 0 Å². The van der Waals surface area contributed by atoms with E-state index in [2.05, 4.69) is 15.9 Å². The first-order chi connectivity index (χ1) is 9.95. The predicted molar refractivity (Wildman–Crippen MR) is 80.6 cm³/mol. The van der Waals surface area contributed by atoms with E-state index in [1.807, 2.05) is 6.07 Å². The van der Waals surface area contributed by atoms with Crippen LogP contribution in [0.4, 0.5) is 4.39 Å². The molecule has 0 aromatic heterocycles. The largest absolute Gasteiger partial charge is 0.493 e. The van der Waals surface area contributed by atoms with Crippen molar-refractivity contribution >= 4 is 25.8 Å². The topological polar surface area (TPSA) is 43.4 Å². The summed E-state index contributed by atoms with van der Waals surface area (Å²) in [5.74, 6) is 0.0324. The summed E-state index contributed by atoms with van der Waals surface area (Å²) in [4.78, 5) is 0.107. The van der Waals surface area contributed by atoms with Crippen LogP contribution in [0.25, 0.3) is 0 Å². The molecule has 21 heavy (non-hydrogen) atoms. The molecule has 0 amide bonds. The maximum absolute atomic E-state index is 12.9. The average Bonchev–Trinajstić information content (AvgIpc) is 2.87. The third-order valence-corrected chi connectivity index (χ3v) is 5.48. The lowest BCUT2D eigenvalue weighted by molar-refractivity contribution is 0.354. The Bertz CT molecular complexity index is 785. The van der Waals surface area contributed by atoms with Crippen LogP contribution in [0.3, 0.4) is 0 Å². The normalized spacial score (nSPS) is 13.8. The number of ether oxygens (including phenoxy) is 1. The van der Waals surface area contributed by atoms with Crippen molar-refractivity contribution in [3.8, 4) is 5.75 Å². The summed E-state index contributed by atoms with van der Waals surface area (Å²) in [5.41, 5.74) is 1.63. The van der Waals surface area contributed by atoms with Crippen molar-refractivity contribution < 1.29 is 17.5 Å². The van der Waals surface area contributed by atoms with Gasteiger partial charge in [0.15, 0.2) is 9.84 Å². The van der Waals surface area contributed by atoms with Gasteiger partial charge in [-0.1, -0.05) is 15.9 Å². The van der Waals surface area contributed by atoms with E-state index in [0.29, 0.717) is 17.9 Å². The Morgan fingerprint density at radius 1 is 1.19 bits per heavy atom. The summed E-state index contributed by atoms with van der Waals surface area (Å²) in [6.07, 6.45) is 0.776. The van der Waals surface area contributed by atoms with Crippen molar-refractivity contribution in [1.29, 1.82) is 0 Å². The highest BCUT2D eigenvalue weighted by Crippen LogP contribution is 2.34. The third-order valence-electron chi connectivity index (χ3n) is 3.34. The van der Waals surface area contributed by atoms with Gasteiger partial charge in [0.2, 0.25) is 0 Å². The zero-order valence-corrected chi connectivity index (χ0v) is 13.4. The van der Waals surface area contributed by atoms with E-state index in [9.17, 15) is 12.8 Å². The van der Waals surface area contributed by atoms with Gasteiger partial charge in [0.25, 0.3) is 0 Å². The van der Waals surface area contributed by atoms with Crippen molar-refractivity contribution in [2.75, 3.05) is 6.61 Å². The second-order valence-corrected chi connectivity index (χ2v) is 7.77. The zero-order chi connectivity index (χ0) is 15.0. The van der Waals surface area contributed by atoms with Crippen molar-refractivity contribution in [3.63, 3.8) is 0 Å². The van der Waals surface area contributed by atoms with E-state index in [1.54, 1.807) is 6.07 Å². The molecular formula is C15H12BrFO3S. The van der Waals surface area contributed by atoms with Crippen LogP contribution in [-0.4, -0.2) is 15.0 Å². The lowest BCUT2D eigenvalue weighted by Gasteiger charge is -2.10. The minimum atomic E-state index is -3.54. The first-order valence-corrected chi connectivity index (χ1v) is 8.83. The molecule has 1 heterocycles. The van der Waals surface area contributed by atoms with Crippen LogP contribution < -0.4 is 4.74 Å². The number of hydrogen-bond donors (Lipinski definition) is 0. The molecule has 1 aliphatic rings. The van der Waals surface area contributed by atoms with Crippen molar-refractivity contribution in [3.05, 3.63) is 57.8 Å². The molecule has 2 aromatic rings. The van der Waals surface area contributed by atoms with Crippen LogP contribution in [0.1, 0.15) is 11.1 Å². The molecule has 0 N–H and O–H groups in total. The molecule has 2 aromatic carbocycles. The molecule has 0 saturated heterocycles. The fourth-order valence-electron chi connectivity index (χ4n) is 2.38. The first-order valence-electron chi connectivity index (χ1n) is 6.38. The highest BCUT2D eigenvalue weighted by atomic mass is 79.9. The molecule has 3 nitrogen and oxygen atoms in total. The number of fused-ring (bicyclic) bond motifs is 1. The number of rotatable bonds is 3. The summed E-state index contributed by atoms with van der Waals surface area (Å²) in [6.45, 7) is 0.565. The number of benzene rings is 2. The van der Waals surface area contributed by atoms with E-state index in [-0.39, 0.29) is 10.6 Å². The van der Waals surface area contributed by atoms with Gasteiger partial charge < -0.3 is 4.74 Å². The van der Waals surface area contributed by atoms with E-state index in [4.69, 9.17) is 4.74 Å². The minimum absolute atomic E-state index is 0.107. The van der Waals surface area contributed by atoms with Crippen LogP contribution in [0.5, 0.6) is 5.75 Å². The lowest BCUT2D eigenvalue weighted by atomic mass is 10.1. The molecule has 0 aliphatic carbocycles. The Morgan fingerprint density at radius 2 is 1.90 bits per heavy atom. The van der Waals surface area contributed by atoms with Crippen molar-refractivity contribution in [2.45, 2.75) is 17.1 Å². The molecule has 0 unspecified atom stereocenters. The molecule has 0 radical (unpaired) electrons. The molecule has 0 atom stereocenters. The van der Waals surface area contributed by atoms with Gasteiger partial charge in [-0.15, -0.1) is 0 Å². The van der Waals surface area contributed by atoms with Crippen LogP contribution in [0.15, 0.2) is 45.8 Å². The quantitative estimate of drug-likeness (QED) is 0.776. The fraction of sp³-hybridized carbons (Fsp3) is 0.200. The molecule has 0 fully saturated rings. The van der Waals surface area contributed by atoms with E-state index in [0.717, 1.165) is 28.6 Å². The summed E-state index contributed by atoms with van der Waals surface area (Å²) in [7, 11) is -3.54. The maximum atomic E-state index is 12.9. The van der Waals surface area contributed by atoms with Gasteiger partial charge in [0.05, 0.1) is 17.3 Å². The molecule has 0 spiro atoms. The van der Waals surface area contributed by atoms with Gasteiger partial charge in [-0.2, -0.15) is 0 Å². The second-order valence-electron chi connectivity index (χ2n) is 4.86. The highest BCUT2D eigenvalue weighted by molar-refractivity contribution is 9.10. The van der Waals surface area contributed by atoms with Crippen LogP contribution in [-0.2, 0) is 22.0 Å². The van der Waals surface area contributed by atoms with Gasteiger partial charge in [0.1, 0.15) is 11.6 Å². The highest BCUT2D eigenvalue weighted by Gasteiger charge is 2.23. The van der Waals surface area contributed by atoms with Gasteiger partial charge in [-0.05, 0) is 42.0 Å². The molecule has 3 rings (SSSR count). The molecule has 110 valence electrons. The van der Waals surface area contributed by atoms with Crippen molar-refractivity contribution in [2.24, 2.45) is 0 Å². The van der Waals surface area contributed by atoms with Gasteiger partial charge in [-0.3, -0.25) is 0 Å². The van der Waals surface area contributed by atoms with Crippen LogP contribution >= 0.6 is 15.9 Å². The first kappa shape index (κ1) is 14.5. The summed E-state index contributed by atoms with van der Waals surface area (Å²) >= 11 is 3.39. The van der Waals surface area contributed by atoms with Gasteiger partial charge in [0, 0.05) is 16.5 Å². The standard InChI is InChI=1S/C15H12BrFO3S/c16-12-7-10-5-6-20-15(10)11(8-12)9-21(18,19)14-3-1-13(17)2-4-14/h1-4,7-8H,5-6,9H2. The zero-order valence-electron chi connectivity index (χ0n) is 11.0. The predicted octanol–water partition coefficient (Wildman–Crippen LogP) is 3.50. The summed E-state index contributed by atoms with van der Waals surface area (Å²) in [6, 6.07) is 8.55. The Kier molecular flexibility index (Phi) is 3.75. The number of sulfone groups is 1. The van der Waals surface area contributed by atoms with Crippen LogP contribution in [0, 0.1) is 5.82 Å². The second kappa shape index (κ2) is 5.42. The number of halogens is 2. The summed E-state index contributed by atoms with van der Waals surface area (Å²) in [5, 5.41) is 0. The molecular weight excluding hydrogens is 359 g/mol. The summed E-state index contributed by atoms with van der Waals surface area (Å²) < 4.78 is 44.1. The van der Waals surface area contributed by atoms with E-state index in [1.165, 1.54) is 12.1 Å². The fourth-order valence-corrected chi connectivity index (χ4v) is 4.28. The molecule has 6 heteroatoms. The SMILES string of the molecule is O=S(=O)(Cc1cc(Br)cc2c1OCC2)c1ccc(F)cc1.